The lowest BCUT2D eigenvalue weighted by Gasteiger charge is -2.11. The van der Waals surface area contributed by atoms with Gasteiger partial charge < -0.3 is 25.2 Å². The van der Waals surface area contributed by atoms with E-state index in [1.54, 1.807) is 0 Å². The average molecular weight is 554 g/mol. The van der Waals surface area contributed by atoms with Crippen LogP contribution in [0.4, 0.5) is 0 Å². The highest BCUT2D eigenvalue weighted by Gasteiger charge is 2.25. The minimum absolute atomic E-state index is 0.0564. The van der Waals surface area contributed by atoms with Gasteiger partial charge in [0.15, 0.2) is 0 Å². The molecule has 4 N–H and O–H groups in total. The van der Waals surface area contributed by atoms with Gasteiger partial charge >= 0.3 is 35.8 Å². The number of rotatable bonds is 8. The lowest BCUT2D eigenvalue weighted by atomic mass is 9.97. The van der Waals surface area contributed by atoms with Gasteiger partial charge in [-0.15, -0.1) is 0 Å². The van der Waals surface area contributed by atoms with E-state index in [1.165, 1.54) is 60.7 Å². The Morgan fingerprint density at radius 1 is 0.415 bits per heavy atom. The largest absolute Gasteiger partial charge is 0.478 e. The topological polar surface area (TPSA) is 193 Å². The van der Waals surface area contributed by atoms with E-state index in [4.69, 9.17) is 4.74 Å². The van der Waals surface area contributed by atoms with Crippen LogP contribution in [-0.2, 0) is 4.74 Å². The van der Waals surface area contributed by atoms with Crippen LogP contribution in [0, 0.1) is 0 Å². The molecule has 4 rings (SSSR count). The molecule has 0 spiro atoms. The van der Waals surface area contributed by atoms with E-state index in [9.17, 15) is 49.2 Å². The van der Waals surface area contributed by atoms with Crippen molar-refractivity contribution in [2.75, 3.05) is 0 Å². The molecule has 0 fully saturated rings. The Hall–Kier alpha value is -6.10. The number of ether oxygens (including phenoxy) is 1. The molecule has 0 heterocycles. The Bertz CT molecular complexity index is 1640. The van der Waals surface area contributed by atoms with Crippen LogP contribution in [0.2, 0.25) is 0 Å². The van der Waals surface area contributed by atoms with Crippen LogP contribution in [0.15, 0.2) is 84.9 Å². The second-order valence-electron chi connectivity index (χ2n) is 8.58. The zero-order chi connectivity index (χ0) is 29.8. The monoisotopic (exact) mass is 554 g/mol. The molecule has 0 aliphatic carbocycles. The summed E-state index contributed by atoms with van der Waals surface area (Å²) in [4.78, 5) is 72.4. The van der Waals surface area contributed by atoms with Gasteiger partial charge in [-0.3, -0.25) is 0 Å². The summed E-state index contributed by atoms with van der Waals surface area (Å²) < 4.78 is 4.92. The number of benzene rings is 4. The van der Waals surface area contributed by atoms with Crippen molar-refractivity contribution < 1.29 is 53.9 Å². The molecule has 0 aromatic heterocycles. The van der Waals surface area contributed by atoms with Crippen molar-refractivity contribution in [1.29, 1.82) is 0 Å². The summed E-state index contributed by atoms with van der Waals surface area (Å²) in [6.07, 6.45) is 0. The number of esters is 2. The molecule has 0 bridgehead atoms. The molecule has 204 valence electrons. The Kier molecular flexibility index (Phi) is 7.72. The van der Waals surface area contributed by atoms with Gasteiger partial charge in [0.05, 0.1) is 33.4 Å². The van der Waals surface area contributed by atoms with Crippen molar-refractivity contribution in [3.8, 4) is 22.3 Å². The van der Waals surface area contributed by atoms with Crippen molar-refractivity contribution in [2.24, 2.45) is 0 Å². The van der Waals surface area contributed by atoms with Gasteiger partial charge in [0.2, 0.25) is 0 Å². The molecule has 0 saturated carbocycles. The number of aromatic carboxylic acids is 4. The lowest BCUT2D eigenvalue weighted by molar-refractivity contribution is 0.0386. The minimum Gasteiger partial charge on any atom is -0.478 e. The van der Waals surface area contributed by atoms with E-state index in [0.717, 1.165) is 24.3 Å². The van der Waals surface area contributed by atoms with Crippen LogP contribution < -0.4 is 0 Å². The Balaban J connectivity index is 1.72. The average Bonchev–Trinajstić information content (AvgIpc) is 2.96. The summed E-state index contributed by atoms with van der Waals surface area (Å²) in [7, 11) is 0. The van der Waals surface area contributed by atoms with Crippen LogP contribution in [0.25, 0.3) is 22.3 Å². The summed E-state index contributed by atoms with van der Waals surface area (Å²) in [6.45, 7) is 0. The molecule has 11 nitrogen and oxygen atoms in total. The van der Waals surface area contributed by atoms with Crippen molar-refractivity contribution in [3.63, 3.8) is 0 Å². The molecule has 41 heavy (non-hydrogen) atoms. The molecule has 0 radical (unpaired) electrons. The Labute approximate surface area is 230 Å². The lowest BCUT2D eigenvalue weighted by Crippen LogP contribution is -2.18. The van der Waals surface area contributed by atoms with Crippen LogP contribution in [0.5, 0.6) is 0 Å². The van der Waals surface area contributed by atoms with Gasteiger partial charge in [0.25, 0.3) is 0 Å². The molecule has 4 aromatic rings. The van der Waals surface area contributed by atoms with E-state index in [0.29, 0.717) is 11.1 Å². The highest BCUT2D eigenvalue weighted by atomic mass is 16.6. The molecule has 0 aliphatic heterocycles. The molecule has 0 unspecified atom stereocenters. The third-order valence-electron chi connectivity index (χ3n) is 6.01. The van der Waals surface area contributed by atoms with Crippen LogP contribution in [-0.4, -0.2) is 56.2 Å². The normalized spacial score (nSPS) is 10.4. The fourth-order valence-corrected chi connectivity index (χ4v) is 4.02. The van der Waals surface area contributed by atoms with E-state index in [-0.39, 0.29) is 22.3 Å². The van der Waals surface area contributed by atoms with Gasteiger partial charge in [0, 0.05) is 0 Å². The first-order valence-electron chi connectivity index (χ1n) is 11.6. The maximum atomic E-state index is 13.1. The highest BCUT2D eigenvalue weighted by Crippen LogP contribution is 2.27. The number of hydrogen-bond acceptors (Lipinski definition) is 7. The second-order valence-corrected chi connectivity index (χ2v) is 8.58. The van der Waals surface area contributed by atoms with Crippen molar-refractivity contribution in [2.45, 2.75) is 0 Å². The van der Waals surface area contributed by atoms with Crippen LogP contribution >= 0.6 is 0 Å². The minimum atomic E-state index is -1.51. The number of carbonyl (C=O) groups is 6. The first kappa shape index (κ1) is 27.9. The van der Waals surface area contributed by atoms with E-state index in [2.05, 4.69) is 0 Å². The molecule has 0 saturated heterocycles. The summed E-state index contributed by atoms with van der Waals surface area (Å²) in [5, 5.41) is 37.7. The van der Waals surface area contributed by atoms with Crippen LogP contribution in [0.3, 0.4) is 0 Å². The number of carboxylic acids is 4. The van der Waals surface area contributed by atoms with Crippen molar-refractivity contribution in [1.82, 2.24) is 0 Å². The van der Waals surface area contributed by atoms with Crippen molar-refractivity contribution >= 4 is 35.8 Å². The van der Waals surface area contributed by atoms with Gasteiger partial charge in [-0.05, 0) is 70.8 Å². The molecule has 4 aromatic carbocycles. The van der Waals surface area contributed by atoms with Gasteiger partial charge in [0.1, 0.15) is 0 Å². The fraction of sp³-hybridized carbons (Fsp3) is 0. The first-order valence-corrected chi connectivity index (χ1v) is 11.6. The van der Waals surface area contributed by atoms with Gasteiger partial charge in [-0.25, -0.2) is 28.8 Å². The van der Waals surface area contributed by atoms with Gasteiger partial charge in [-0.2, -0.15) is 0 Å². The summed E-state index contributed by atoms with van der Waals surface area (Å²) in [6, 6.07) is 18.4. The standard InChI is InChI=1S/C30H18O11/c31-25(32)19-5-1-3-15(11-19)17-7-9-21(27(35)36)23(13-17)29(39)41-30(40)24-14-18(8-10-22(24)28(37)38)16-4-2-6-20(12-16)26(33)34/h1-14H,(H,31,32)(H,33,34)(H,35,36)(H,37,38). The molecule has 0 aliphatic rings. The maximum Gasteiger partial charge on any atom is 0.346 e. The zero-order valence-corrected chi connectivity index (χ0v) is 20.7. The third kappa shape index (κ3) is 5.99. The summed E-state index contributed by atoms with van der Waals surface area (Å²) >= 11 is 0. The zero-order valence-electron chi connectivity index (χ0n) is 20.7. The van der Waals surface area contributed by atoms with E-state index >= 15 is 0 Å². The number of carbonyl (C=O) groups excluding carboxylic acids is 2. The molecular weight excluding hydrogens is 536 g/mol. The van der Waals surface area contributed by atoms with E-state index in [1.807, 2.05) is 0 Å². The molecule has 0 atom stereocenters. The number of carboxylic acid groups (broad SMARTS) is 4. The molecule has 11 heteroatoms. The van der Waals surface area contributed by atoms with Crippen molar-refractivity contribution in [3.05, 3.63) is 118 Å². The molecular formula is C30H18O11. The van der Waals surface area contributed by atoms with Gasteiger partial charge in [-0.1, -0.05) is 36.4 Å². The first-order chi connectivity index (χ1) is 19.5. The second kappa shape index (κ2) is 11.3. The van der Waals surface area contributed by atoms with E-state index < -0.39 is 58.1 Å². The fourth-order valence-electron chi connectivity index (χ4n) is 4.02. The Morgan fingerprint density at radius 3 is 1.12 bits per heavy atom. The third-order valence-corrected chi connectivity index (χ3v) is 6.01. The molecule has 0 amide bonds. The highest BCUT2D eigenvalue weighted by molar-refractivity contribution is 6.11. The quantitative estimate of drug-likeness (QED) is 0.172. The summed E-state index contributed by atoms with van der Waals surface area (Å²) in [5.74, 6) is -8.21. The maximum absolute atomic E-state index is 13.1. The predicted molar refractivity (Wildman–Crippen MR) is 141 cm³/mol. The summed E-state index contributed by atoms with van der Waals surface area (Å²) in [5.41, 5.74) is -1.03. The Morgan fingerprint density at radius 2 is 0.780 bits per heavy atom. The van der Waals surface area contributed by atoms with Crippen LogP contribution in [0.1, 0.15) is 62.1 Å². The smallest absolute Gasteiger partial charge is 0.346 e. The SMILES string of the molecule is O=C(O)c1cccc(-c2ccc(C(=O)O)c(C(=O)OC(=O)c3cc(-c4cccc(C(=O)O)c4)ccc3C(=O)O)c2)c1. The predicted octanol–water partition coefficient (Wildman–Crippen LogP) is 4.81. The number of hydrogen-bond donors (Lipinski definition) is 4.